The molecule has 0 spiro atoms. The molecule has 2 nitrogen and oxygen atoms in total. The molecular formula is C15H15F3N2. The van der Waals surface area contributed by atoms with Crippen LogP contribution in [0.2, 0.25) is 0 Å². The lowest BCUT2D eigenvalue weighted by molar-refractivity contribution is -0.136. The first-order valence-corrected chi connectivity index (χ1v) is 6.56. The van der Waals surface area contributed by atoms with E-state index in [2.05, 4.69) is 4.98 Å². The molecule has 1 aromatic heterocycles. The third-order valence-electron chi connectivity index (χ3n) is 4.30. The van der Waals surface area contributed by atoms with Crippen LogP contribution < -0.4 is 5.73 Å². The number of benzene rings is 1. The molecule has 0 aliphatic heterocycles. The Morgan fingerprint density at radius 2 is 1.95 bits per heavy atom. The number of nitrogens with two attached hydrogens (primary N) is 1. The van der Waals surface area contributed by atoms with Crippen LogP contribution in [-0.2, 0) is 11.6 Å². The van der Waals surface area contributed by atoms with Gasteiger partial charge in [-0.25, -0.2) is 0 Å². The normalized spacial score (nSPS) is 19.1. The molecule has 2 aromatic rings. The van der Waals surface area contributed by atoms with Gasteiger partial charge in [0.2, 0.25) is 0 Å². The summed E-state index contributed by atoms with van der Waals surface area (Å²) in [7, 11) is 0. The number of hydrogen-bond acceptors (Lipinski definition) is 2. The molecule has 1 fully saturated rings. The summed E-state index contributed by atoms with van der Waals surface area (Å²) in [5.74, 6) is 0. The molecule has 2 N–H and O–H groups in total. The standard InChI is InChI=1S/C15H15F3N2/c1-9(19)14(4-5-14)11-2-3-12-10(6-11)7-20-8-13(12)15(16,17)18/h2-3,6-9H,4-5,19H2,1H3. The van der Waals surface area contributed by atoms with Crippen LogP contribution in [0.5, 0.6) is 0 Å². The number of hydrogen-bond donors (Lipinski definition) is 1. The predicted octanol–water partition coefficient (Wildman–Crippen LogP) is 3.63. The summed E-state index contributed by atoms with van der Waals surface area (Å²) in [5.41, 5.74) is 6.27. The Balaban J connectivity index is 2.15. The summed E-state index contributed by atoms with van der Waals surface area (Å²) in [6.07, 6.45) is -0.0522. The molecule has 5 heteroatoms. The summed E-state index contributed by atoms with van der Waals surface area (Å²) >= 11 is 0. The number of aromatic nitrogens is 1. The summed E-state index contributed by atoms with van der Waals surface area (Å²) < 4.78 is 38.8. The molecule has 0 saturated heterocycles. The van der Waals surface area contributed by atoms with Crippen LogP contribution in [0.1, 0.15) is 30.9 Å². The first-order valence-electron chi connectivity index (χ1n) is 6.56. The van der Waals surface area contributed by atoms with Crippen molar-refractivity contribution in [2.24, 2.45) is 5.73 Å². The molecule has 20 heavy (non-hydrogen) atoms. The lowest BCUT2D eigenvalue weighted by Crippen LogP contribution is -2.31. The van der Waals surface area contributed by atoms with Gasteiger partial charge in [0.25, 0.3) is 0 Å². The van der Waals surface area contributed by atoms with Gasteiger partial charge in [-0.15, -0.1) is 0 Å². The smallest absolute Gasteiger partial charge is 0.327 e. The van der Waals surface area contributed by atoms with Gasteiger partial charge in [-0.2, -0.15) is 13.2 Å². The van der Waals surface area contributed by atoms with Crippen LogP contribution >= 0.6 is 0 Å². The van der Waals surface area contributed by atoms with Gasteiger partial charge in [0, 0.05) is 29.2 Å². The molecule has 0 amide bonds. The van der Waals surface area contributed by atoms with Gasteiger partial charge in [-0.3, -0.25) is 4.98 Å². The summed E-state index contributed by atoms with van der Waals surface area (Å²) in [6, 6.07) is 5.11. The SMILES string of the molecule is CC(N)C1(c2ccc3c(C(F)(F)F)cncc3c2)CC1. The van der Waals surface area contributed by atoms with Crippen molar-refractivity contribution in [2.75, 3.05) is 0 Å². The first kappa shape index (κ1) is 13.4. The van der Waals surface area contributed by atoms with Crippen molar-refractivity contribution in [3.63, 3.8) is 0 Å². The van der Waals surface area contributed by atoms with Gasteiger partial charge in [-0.1, -0.05) is 12.1 Å². The third kappa shape index (κ3) is 1.97. The van der Waals surface area contributed by atoms with Crippen molar-refractivity contribution < 1.29 is 13.2 Å². The maximum Gasteiger partial charge on any atom is 0.418 e. The summed E-state index contributed by atoms with van der Waals surface area (Å²) in [5, 5.41) is 0.709. The fourth-order valence-corrected chi connectivity index (χ4v) is 2.85. The zero-order valence-corrected chi connectivity index (χ0v) is 11.0. The van der Waals surface area contributed by atoms with E-state index in [-0.39, 0.29) is 16.8 Å². The van der Waals surface area contributed by atoms with Gasteiger partial charge in [0.15, 0.2) is 0 Å². The van der Waals surface area contributed by atoms with Crippen LogP contribution in [0.15, 0.2) is 30.6 Å². The fourth-order valence-electron chi connectivity index (χ4n) is 2.85. The zero-order valence-electron chi connectivity index (χ0n) is 11.0. The number of fused-ring (bicyclic) bond motifs is 1. The minimum Gasteiger partial charge on any atom is -0.327 e. The molecule has 3 rings (SSSR count). The van der Waals surface area contributed by atoms with E-state index in [1.54, 1.807) is 12.1 Å². The molecule has 1 aliphatic carbocycles. The monoisotopic (exact) mass is 280 g/mol. The van der Waals surface area contributed by atoms with Crippen LogP contribution in [0.4, 0.5) is 13.2 Å². The molecule has 1 aliphatic rings. The van der Waals surface area contributed by atoms with Gasteiger partial charge < -0.3 is 5.73 Å². The van der Waals surface area contributed by atoms with E-state index in [0.29, 0.717) is 5.39 Å². The van der Waals surface area contributed by atoms with Gasteiger partial charge in [0.1, 0.15) is 0 Å². The van der Waals surface area contributed by atoms with Gasteiger partial charge >= 0.3 is 6.18 Å². The second kappa shape index (κ2) is 4.19. The Bertz CT molecular complexity index is 658. The molecular weight excluding hydrogens is 265 g/mol. The number of alkyl halides is 3. The fraction of sp³-hybridized carbons (Fsp3) is 0.400. The number of pyridine rings is 1. The van der Waals surface area contributed by atoms with Crippen molar-refractivity contribution in [2.45, 2.75) is 37.4 Å². The Morgan fingerprint density at radius 3 is 2.50 bits per heavy atom. The molecule has 1 heterocycles. The van der Waals surface area contributed by atoms with E-state index in [4.69, 9.17) is 5.73 Å². The van der Waals surface area contributed by atoms with Gasteiger partial charge in [-0.05, 0) is 36.8 Å². The van der Waals surface area contributed by atoms with Gasteiger partial charge in [0.05, 0.1) is 5.56 Å². The molecule has 1 atom stereocenters. The van der Waals surface area contributed by atoms with E-state index >= 15 is 0 Å². The first-order chi connectivity index (χ1) is 9.34. The highest BCUT2D eigenvalue weighted by molar-refractivity contribution is 5.86. The second-order valence-corrected chi connectivity index (χ2v) is 5.57. The van der Waals surface area contributed by atoms with Crippen molar-refractivity contribution in [1.29, 1.82) is 0 Å². The average molecular weight is 280 g/mol. The largest absolute Gasteiger partial charge is 0.418 e. The minimum atomic E-state index is -4.38. The highest BCUT2D eigenvalue weighted by Crippen LogP contribution is 2.51. The van der Waals surface area contributed by atoms with E-state index < -0.39 is 11.7 Å². The topological polar surface area (TPSA) is 38.9 Å². The Kier molecular flexibility index (Phi) is 2.80. The van der Waals surface area contributed by atoms with Crippen LogP contribution in [0.25, 0.3) is 10.8 Å². The lowest BCUT2D eigenvalue weighted by atomic mass is 9.88. The highest BCUT2D eigenvalue weighted by Gasteiger charge is 2.47. The van der Waals surface area contributed by atoms with Crippen molar-refractivity contribution in [3.8, 4) is 0 Å². The Hall–Kier alpha value is -1.62. The van der Waals surface area contributed by atoms with E-state index in [1.807, 2.05) is 6.92 Å². The second-order valence-electron chi connectivity index (χ2n) is 5.57. The van der Waals surface area contributed by atoms with Crippen LogP contribution in [0.3, 0.4) is 0 Å². The van der Waals surface area contributed by atoms with Crippen molar-refractivity contribution >= 4 is 10.8 Å². The summed E-state index contributed by atoms with van der Waals surface area (Å²) in [4.78, 5) is 3.72. The van der Waals surface area contributed by atoms with Crippen LogP contribution in [-0.4, -0.2) is 11.0 Å². The Labute approximate surface area is 114 Å². The lowest BCUT2D eigenvalue weighted by Gasteiger charge is -2.21. The van der Waals surface area contributed by atoms with Crippen molar-refractivity contribution in [3.05, 3.63) is 41.7 Å². The highest BCUT2D eigenvalue weighted by atomic mass is 19.4. The van der Waals surface area contributed by atoms with E-state index in [0.717, 1.165) is 24.6 Å². The number of nitrogens with zero attached hydrogens (tertiary/aromatic N) is 1. The zero-order chi connectivity index (χ0) is 14.5. The average Bonchev–Trinajstić information content (AvgIpc) is 3.17. The Morgan fingerprint density at radius 1 is 1.25 bits per heavy atom. The molecule has 106 valence electrons. The third-order valence-corrected chi connectivity index (χ3v) is 4.30. The number of rotatable bonds is 2. The van der Waals surface area contributed by atoms with E-state index in [1.165, 1.54) is 12.3 Å². The molecule has 1 aromatic carbocycles. The molecule has 0 radical (unpaired) electrons. The molecule has 1 unspecified atom stereocenters. The number of halogens is 3. The maximum absolute atomic E-state index is 12.9. The van der Waals surface area contributed by atoms with Crippen LogP contribution in [0, 0.1) is 0 Å². The van der Waals surface area contributed by atoms with Crippen molar-refractivity contribution in [1.82, 2.24) is 4.98 Å². The quantitative estimate of drug-likeness (QED) is 0.912. The summed E-state index contributed by atoms with van der Waals surface area (Å²) in [6.45, 7) is 1.95. The predicted molar refractivity (Wildman–Crippen MR) is 71.3 cm³/mol. The minimum absolute atomic E-state index is 0.00120. The molecule has 1 saturated carbocycles. The van der Waals surface area contributed by atoms with E-state index in [9.17, 15) is 13.2 Å². The molecule has 0 bridgehead atoms. The maximum atomic E-state index is 12.9.